The molecule has 2 aromatic rings. The molecule has 0 aliphatic carbocycles. The van der Waals surface area contributed by atoms with Gasteiger partial charge in [0.15, 0.2) is 5.76 Å². The molecular formula is C12H17N3O. The van der Waals surface area contributed by atoms with Crippen LogP contribution < -0.4 is 5.73 Å². The maximum atomic E-state index is 5.58. The summed E-state index contributed by atoms with van der Waals surface area (Å²) in [4.78, 5) is 7.57. The van der Waals surface area contributed by atoms with Gasteiger partial charge in [0.25, 0.3) is 0 Å². The lowest BCUT2D eigenvalue weighted by molar-refractivity contribution is 0.545. The van der Waals surface area contributed by atoms with E-state index in [4.69, 9.17) is 10.2 Å². The Hall–Kier alpha value is -1.55. The summed E-state index contributed by atoms with van der Waals surface area (Å²) in [6.07, 6.45) is 2.67. The van der Waals surface area contributed by atoms with E-state index in [9.17, 15) is 0 Å². The third-order valence-electron chi connectivity index (χ3n) is 2.58. The van der Waals surface area contributed by atoms with E-state index in [1.165, 1.54) is 0 Å². The number of aromatic nitrogens is 2. The van der Waals surface area contributed by atoms with E-state index in [1.54, 1.807) is 6.20 Å². The van der Waals surface area contributed by atoms with E-state index in [-0.39, 0.29) is 0 Å². The molecule has 1 atom stereocenters. The number of aryl methyl sites for hydroxylation is 1. The highest BCUT2D eigenvalue weighted by atomic mass is 16.3. The summed E-state index contributed by atoms with van der Waals surface area (Å²) in [6, 6.07) is 3.89. The largest absolute Gasteiger partial charge is 0.460 e. The van der Waals surface area contributed by atoms with Crippen molar-refractivity contribution in [3.05, 3.63) is 29.9 Å². The second-order valence-corrected chi connectivity index (χ2v) is 4.20. The molecule has 2 heterocycles. The van der Waals surface area contributed by atoms with Crippen LogP contribution in [0.15, 0.2) is 22.7 Å². The number of nitrogens with two attached hydrogens (primary N) is 1. The third kappa shape index (κ3) is 2.33. The van der Waals surface area contributed by atoms with Crippen molar-refractivity contribution < 1.29 is 4.42 Å². The second-order valence-electron chi connectivity index (χ2n) is 4.20. The average molecular weight is 219 g/mol. The molecule has 0 radical (unpaired) electrons. The van der Waals surface area contributed by atoms with Gasteiger partial charge < -0.3 is 15.1 Å². The fourth-order valence-corrected chi connectivity index (χ4v) is 1.58. The van der Waals surface area contributed by atoms with Gasteiger partial charge in [-0.1, -0.05) is 6.92 Å². The van der Waals surface area contributed by atoms with Crippen LogP contribution >= 0.6 is 0 Å². The van der Waals surface area contributed by atoms with Gasteiger partial charge in [0.2, 0.25) is 0 Å². The van der Waals surface area contributed by atoms with Gasteiger partial charge >= 0.3 is 0 Å². The van der Waals surface area contributed by atoms with Gasteiger partial charge in [-0.2, -0.15) is 0 Å². The monoisotopic (exact) mass is 219 g/mol. The zero-order valence-corrected chi connectivity index (χ0v) is 9.66. The average Bonchev–Trinajstić information content (AvgIpc) is 2.87. The first-order valence-electron chi connectivity index (χ1n) is 5.50. The Balaban J connectivity index is 2.13. The van der Waals surface area contributed by atoms with Crippen LogP contribution in [-0.4, -0.2) is 16.5 Å². The van der Waals surface area contributed by atoms with Crippen molar-refractivity contribution in [2.45, 2.75) is 20.3 Å². The highest BCUT2D eigenvalue weighted by molar-refractivity contribution is 5.51. The SMILES string of the molecule is Cc1ccc(-c2cnc(CC(C)CN)[nH]2)o1. The van der Waals surface area contributed by atoms with Crippen LogP contribution in [0, 0.1) is 12.8 Å². The minimum atomic E-state index is 0.442. The molecule has 4 heteroatoms. The molecule has 0 amide bonds. The number of imidazole rings is 1. The molecule has 0 aliphatic heterocycles. The van der Waals surface area contributed by atoms with Crippen LogP contribution in [0.25, 0.3) is 11.5 Å². The second kappa shape index (κ2) is 4.53. The van der Waals surface area contributed by atoms with Crippen LogP contribution in [0.1, 0.15) is 18.5 Å². The molecule has 0 bridgehead atoms. The molecule has 1 unspecified atom stereocenters. The molecule has 4 nitrogen and oxygen atoms in total. The fourth-order valence-electron chi connectivity index (χ4n) is 1.58. The van der Waals surface area contributed by atoms with E-state index in [0.29, 0.717) is 12.5 Å². The number of H-pyrrole nitrogens is 1. The fraction of sp³-hybridized carbons (Fsp3) is 0.417. The molecule has 0 fully saturated rings. The van der Waals surface area contributed by atoms with Gasteiger partial charge in [-0.15, -0.1) is 0 Å². The van der Waals surface area contributed by atoms with Crippen molar-refractivity contribution in [2.24, 2.45) is 11.7 Å². The summed E-state index contributed by atoms with van der Waals surface area (Å²) in [5.41, 5.74) is 6.50. The zero-order chi connectivity index (χ0) is 11.5. The molecule has 0 aromatic carbocycles. The van der Waals surface area contributed by atoms with Crippen LogP contribution in [-0.2, 0) is 6.42 Å². The van der Waals surface area contributed by atoms with Gasteiger partial charge in [0, 0.05) is 6.42 Å². The topological polar surface area (TPSA) is 67.8 Å². The maximum Gasteiger partial charge on any atom is 0.152 e. The molecule has 0 saturated heterocycles. The Morgan fingerprint density at radius 2 is 2.31 bits per heavy atom. The highest BCUT2D eigenvalue weighted by Gasteiger charge is 2.08. The summed E-state index contributed by atoms with van der Waals surface area (Å²) < 4.78 is 5.52. The summed E-state index contributed by atoms with van der Waals surface area (Å²) in [7, 11) is 0. The highest BCUT2D eigenvalue weighted by Crippen LogP contribution is 2.20. The molecule has 16 heavy (non-hydrogen) atoms. The molecule has 0 spiro atoms. The van der Waals surface area contributed by atoms with E-state index in [1.807, 2.05) is 19.1 Å². The quantitative estimate of drug-likeness (QED) is 0.827. The first-order chi connectivity index (χ1) is 7.69. The number of aromatic amines is 1. The maximum absolute atomic E-state index is 5.58. The number of furan rings is 1. The Bertz CT molecular complexity index is 458. The Labute approximate surface area is 94.9 Å². The van der Waals surface area contributed by atoms with Crippen LogP contribution in [0.4, 0.5) is 0 Å². The van der Waals surface area contributed by atoms with Crippen molar-refractivity contribution in [3.63, 3.8) is 0 Å². The van der Waals surface area contributed by atoms with E-state index >= 15 is 0 Å². The lowest BCUT2D eigenvalue weighted by Crippen LogP contribution is -2.13. The standard InChI is InChI=1S/C12H17N3O/c1-8(6-13)5-12-14-7-10(15-12)11-4-3-9(2)16-11/h3-4,7-8H,5-6,13H2,1-2H3,(H,14,15). The van der Waals surface area contributed by atoms with E-state index in [0.717, 1.165) is 29.5 Å². The minimum Gasteiger partial charge on any atom is -0.460 e. The summed E-state index contributed by atoms with van der Waals surface area (Å²) in [5, 5.41) is 0. The van der Waals surface area contributed by atoms with Gasteiger partial charge in [-0.3, -0.25) is 0 Å². The Kier molecular flexibility index (Phi) is 3.10. The number of rotatable bonds is 4. The molecule has 3 N–H and O–H groups in total. The van der Waals surface area contributed by atoms with Crippen molar-refractivity contribution >= 4 is 0 Å². The van der Waals surface area contributed by atoms with Gasteiger partial charge in [-0.25, -0.2) is 4.98 Å². The molecule has 0 aliphatic rings. The Morgan fingerprint density at radius 3 is 2.94 bits per heavy atom. The first kappa shape index (κ1) is 11.0. The predicted molar refractivity (Wildman–Crippen MR) is 62.9 cm³/mol. The third-order valence-corrected chi connectivity index (χ3v) is 2.58. The molecule has 86 valence electrons. The van der Waals surface area contributed by atoms with Crippen LogP contribution in [0.5, 0.6) is 0 Å². The first-order valence-corrected chi connectivity index (χ1v) is 5.50. The minimum absolute atomic E-state index is 0.442. The Morgan fingerprint density at radius 1 is 1.50 bits per heavy atom. The van der Waals surface area contributed by atoms with Crippen molar-refractivity contribution in [1.29, 1.82) is 0 Å². The number of nitrogens with zero attached hydrogens (tertiary/aromatic N) is 1. The van der Waals surface area contributed by atoms with E-state index in [2.05, 4.69) is 16.9 Å². The van der Waals surface area contributed by atoms with Gasteiger partial charge in [0.05, 0.1) is 6.20 Å². The molecule has 2 aromatic heterocycles. The summed E-state index contributed by atoms with van der Waals surface area (Å²) in [6.45, 7) is 4.71. The smallest absolute Gasteiger partial charge is 0.152 e. The molecule has 2 rings (SSSR count). The number of hydrogen-bond acceptors (Lipinski definition) is 3. The summed E-state index contributed by atoms with van der Waals surface area (Å²) in [5.74, 6) is 3.14. The number of hydrogen-bond donors (Lipinski definition) is 2. The normalized spacial score (nSPS) is 12.9. The van der Waals surface area contributed by atoms with Crippen LogP contribution in [0.3, 0.4) is 0 Å². The lowest BCUT2D eigenvalue weighted by Gasteiger charge is -2.04. The molecular weight excluding hydrogens is 202 g/mol. The van der Waals surface area contributed by atoms with Gasteiger partial charge in [-0.05, 0) is 31.5 Å². The van der Waals surface area contributed by atoms with Crippen molar-refractivity contribution in [3.8, 4) is 11.5 Å². The van der Waals surface area contributed by atoms with Crippen molar-refractivity contribution in [2.75, 3.05) is 6.54 Å². The van der Waals surface area contributed by atoms with E-state index < -0.39 is 0 Å². The van der Waals surface area contributed by atoms with Crippen molar-refractivity contribution in [1.82, 2.24) is 9.97 Å². The molecule has 0 saturated carbocycles. The zero-order valence-electron chi connectivity index (χ0n) is 9.66. The summed E-state index contributed by atoms with van der Waals surface area (Å²) >= 11 is 0. The lowest BCUT2D eigenvalue weighted by atomic mass is 10.1. The number of nitrogens with one attached hydrogen (secondary N) is 1. The van der Waals surface area contributed by atoms with Crippen LogP contribution in [0.2, 0.25) is 0 Å². The van der Waals surface area contributed by atoms with Gasteiger partial charge in [0.1, 0.15) is 17.3 Å². The predicted octanol–water partition coefficient (Wildman–Crippen LogP) is 2.12.